The number of amides is 1. The van der Waals surface area contributed by atoms with Crippen LogP contribution in [0.3, 0.4) is 0 Å². The highest BCUT2D eigenvalue weighted by molar-refractivity contribution is 7.88. The Bertz CT molecular complexity index is 548. The number of sulfonamides is 1. The molecular formula is C15H26N2O5S. The second-order valence-electron chi connectivity index (χ2n) is 6.69. The van der Waals surface area contributed by atoms with E-state index in [1.165, 1.54) is 10.6 Å². The topological polar surface area (TPSA) is 95.0 Å². The number of piperidine rings is 2. The van der Waals surface area contributed by atoms with E-state index in [1.54, 1.807) is 0 Å². The standard InChI is InChI=1S/C15H26N2O5S/c1-23(21,22)17-9-3-5-13(11-17)15(20)16-8-2-4-12(10-16)6-7-14(18)19/h12-13H,2-11H2,1H3,(H,18,19)/t12-,13+/m1/s1. The summed E-state index contributed by atoms with van der Waals surface area (Å²) in [4.78, 5) is 25.2. The molecule has 0 aromatic carbocycles. The van der Waals surface area contributed by atoms with Crippen molar-refractivity contribution in [3.8, 4) is 0 Å². The number of hydrogen-bond acceptors (Lipinski definition) is 4. The van der Waals surface area contributed by atoms with Crippen LogP contribution in [0.2, 0.25) is 0 Å². The van der Waals surface area contributed by atoms with E-state index in [9.17, 15) is 18.0 Å². The van der Waals surface area contributed by atoms with E-state index < -0.39 is 16.0 Å². The first-order chi connectivity index (χ1) is 10.8. The molecule has 0 unspecified atom stereocenters. The van der Waals surface area contributed by atoms with Gasteiger partial charge >= 0.3 is 5.97 Å². The molecule has 0 saturated carbocycles. The van der Waals surface area contributed by atoms with Crippen LogP contribution in [-0.4, -0.2) is 67.0 Å². The monoisotopic (exact) mass is 346 g/mol. The number of carbonyl (C=O) groups is 2. The van der Waals surface area contributed by atoms with E-state index in [-0.39, 0.29) is 30.7 Å². The predicted octanol–water partition coefficient (Wildman–Crippen LogP) is 0.761. The third-order valence-corrected chi connectivity index (χ3v) is 6.07. The molecule has 0 bridgehead atoms. The molecule has 0 aromatic heterocycles. The molecule has 2 rings (SSSR count). The van der Waals surface area contributed by atoms with Gasteiger partial charge in [0.1, 0.15) is 0 Å². The molecule has 1 N–H and O–H groups in total. The zero-order valence-electron chi connectivity index (χ0n) is 13.6. The molecule has 2 fully saturated rings. The minimum Gasteiger partial charge on any atom is -0.481 e. The molecule has 0 aromatic rings. The number of carboxylic acid groups (broad SMARTS) is 1. The second kappa shape index (κ2) is 7.61. The van der Waals surface area contributed by atoms with Crippen molar-refractivity contribution in [3.05, 3.63) is 0 Å². The first-order valence-electron chi connectivity index (χ1n) is 8.23. The molecule has 2 atom stereocenters. The molecule has 7 nitrogen and oxygen atoms in total. The van der Waals surface area contributed by atoms with E-state index >= 15 is 0 Å². The van der Waals surface area contributed by atoms with Crippen LogP contribution >= 0.6 is 0 Å². The van der Waals surface area contributed by atoms with Gasteiger partial charge in [-0.2, -0.15) is 0 Å². The lowest BCUT2D eigenvalue weighted by atomic mass is 9.91. The van der Waals surface area contributed by atoms with Gasteiger partial charge in [-0.25, -0.2) is 12.7 Å². The third kappa shape index (κ3) is 5.17. The molecule has 2 saturated heterocycles. The average molecular weight is 346 g/mol. The van der Waals surface area contributed by atoms with Crippen LogP contribution in [0.15, 0.2) is 0 Å². The Morgan fingerprint density at radius 3 is 2.48 bits per heavy atom. The fraction of sp³-hybridized carbons (Fsp3) is 0.867. The van der Waals surface area contributed by atoms with Crippen molar-refractivity contribution >= 4 is 21.9 Å². The summed E-state index contributed by atoms with van der Waals surface area (Å²) in [5.74, 6) is -0.807. The Morgan fingerprint density at radius 2 is 1.83 bits per heavy atom. The highest BCUT2D eigenvalue weighted by Crippen LogP contribution is 2.26. The maximum atomic E-state index is 12.7. The Morgan fingerprint density at radius 1 is 1.13 bits per heavy atom. The normalized spacial score (nSPS) is 26.9. The van der Waals surface area contributed by atoms with Gasteiger partial charge in [-0.3, -0.25) is 9.59 Å². The number of aliphatic carboxylic acids is 1. The zero-order chi connectivity index (χ0) is 17.0. The molecule has 2 heterocycles. The van der Waals surface area contributed by atoms with Crippen molar-refractivity contribution in [2.24, 2.45) is 11.8 Å². The summed E-state index contributed by atoms with van der Waals surface area (Å²) in [5.41, 5.74) is 0. The average Bonchev–Trinajstić information content (AvgIpc) is 2.52. The number of hydrogen-bond donors (Lipinski definition) is 1. The van der Waals surface area contributed by atoms with E-state index in [4.69, 9.17) is 5.11 Å². The van der Waals surface area contributed by atoms with Gasteiger partial charge < -0.3 is 10.0 Å². The Balaban J connectivity index is 1.92. The number of likely N-dealkylation sites (tertiary alicyclic amines) is 1. The summed E-state index contributed by atoms with van der Waals surface area (Å²) < 4.78 is 24.7. The summed E-state index contributed by atoms with van der Waals surface area (Å²) in [6.07, 6.45) is 5.19. The lowest BCUT2D eigenvalue weighted by Gasteiger charge is -2.37. The number of rotatable bonds is 5. The van der Waals surface area contributed by atoms with Gasteiger partial charge in [0, 0.05) is 32.6 Å². The van der Waals surface area contributed by atoms with Gasteiger partial charge in [-0.1, -0.05) is 0 Å². The van der Waals surface area contributed by atoms with E-state index in [0.29, 0.717) is 32.5 Å². The molecule has 2 aliphatic heterocycles. The highest BCUT2D eigenvalue weighted by atomic mass is 32.2. The van der Waals surface area contributed by atoms with Gasteiger partial charge in [0.2, 0.25) is 15.9 Å². The highest BCUT2D eigenvalue weighted by Gasteiger charge is 2.34. The first kappa shape index (κ1) is 18.2. The van der Waals surface area contributed by atoms with Crippen molar-refractivity contribution in [1.82, 2.24) is 9.21 Å². The predicted molar refractivity (Wildman–Crippen MR) is 85.3 cm³/mol. The minimum absolute atomic E-state index is 0.0263. The molecule has 0 aliphatic carbocycles. The Labute approximate surface area is 137 Å². The quantitative estimate of drug-likeness (QED) is 0.793. The summed E-state index contributed by atoms with van der Waals surface area (Å²) in [6, 6.07) is 0. The van der Waals surface area contributed by atoms with Crippen LogP contribution in [0.4, 0.5) is 0 Å². The number of carbonyl (C=O) groups excluding carboxylic acids is 1. The molecule has 0 spiro atoms. The second-order valence-corrected chi connectivity index (χ2v) is 8.67. The molecular weight excluding hydrogens is 320 g/mol. The van der Waals surface area contributed by atoms with Gasteiger partial charge in [0.25, 0.3) is 0 Å². The number of carboxylic acids is 1. The molecule has 23 heavy (non-hydrogen) atoms. The van der Waals surface area contributed by atoms with Crippen LogP contribution in [0.5, 0.6) is 0 Å². The van der Waals surface area contributed by atoms with Crippen LogP contribution in [0.25, 0.3) is 0 Å². The van der Waals surface area contributed by atoms with Crippen molar-refractivity contribution in [1.29, 1.82) is 0 Å². The van der Waals surface area contributed by atoms with Crippen molar-refractivity contribution in [3.63, 3.8) is 0 Å². The summed E-state index contributed by atoms with van der Waals surface area (Å²) in [7, 11) is -3.25. The van der Waals surface area contributed by atoms with E-state index in [2.05, 4.69) is 0 Å². The summed E-state index contributed by atoms with van der Waals surface area (Å²) >= 11 is 0. The summed E-state index contributed by atoms with van der Waals surface area (Å²) in [6.45, 7) is 2.05. The Hall–Kier alpha value is -1.15. The lowest BCUT2D eigenvalue weighted by Crippen LogP contribution is -2.49. The van der Waals surface area contributed by atoms with Crippen LogP contribution < -0.4 is 0 Å². The maximum Gasteiger partial charge on any atom is 0.303 e. The fourth-order valence-corrected chi connectivity index (χ4v) is 4.44. The SMILES string of the molecule is CS(=O)(=O)N1CCC[C@H](C(=O)N2CCC[C@H](CCC(=O)O)C2)C1. The number of nitrogens with zero attached hydrogens (tertiary/aromatic N) is 2. The van der Waals surface area contributed by atoms with Gasteiger partial charge in [0.05, 0.1) is 12.2 Å². The van der Waals surface area contributed by atoms with Crippen molar-refractivity contribution < 1.29 is 23.1 Å². The molecule has 8 heteroatoms. The molecule has 0 radical (unpaired) electrons. The Kier molecular flexibility index (Phi) is 6.02. The fourth-order valence-electron chi connectivity index (χ4n) is 3.53. The third-order valence-electron chi connectivity index (χ3n) is 4.80. The molecule has 1 amide bonds. The van der Waals surface area contributed by atoms with Gasteiger partial charge in [0.15, 0.2) is 0 Å². The van der Waals surface area contributed by atoms with Crippen LogP contribution in [0, 0.1) is 11.8 Å². The van der Waals surface area contributed by atoms with Crippen LogP contribution in [0.1, 0.15) is 38.5 Å². The van der Waals surface area contributed by atoms with Crippen molar-refractivity contribution in [2.75, 3.05) is 32.4 Å². The molecule has 132 valence electrons. The van der Waals surface area contributed by atoms with Crippen LogP contribution in [-0.2, 0) is 19.6 Å². The molecule has 2 aliphatic rings. The largest absolute Gasteiger partial charge is 0.481 e. The van der Waals surface area contributed by atoms with E-state index in [0.717, 1.165) is 19.3 Å². The van der Waals surface area contributed by atoms with Crippen molar-refractivity contribution in [2.45, 2.75) is 38.5 Å². The zero-order valence-corrected chi connectivity index (χ0v) is 14.4. The van der Waals surface area contributed by atoms with Gasteiger partial charge in [-0.05, 0) is 38.0 Å². The first-order valence-corrected chi connectivity index (χ1v) is 10.1. The smallest absolute Gasteiger partial charge is 0.303 e. The maximum absolute atomic E-state index is 12.7. The van der Waals surface area contributed by atoms with E-state index in [1.807, 2.05) is 4.90 Å². The minimum atomic E-state index is -3.25. The van der Waals surface area contributed by atoms with Gasteiger partial charge in [-0.15, -0.1) is 0 Å². The lowest BCUT2D eigenvalue weighted by molar-refractivity contribution is -0.138. The summed E-state index contributed by atoms with van der Waals surface area (Å²) in [5, 5.41) is 8.79.